The lowest BCUT2D eigenvalue weighted by Crippen LogP contribution is -2.34. The summed E-state index contributed by atoms with van der Waals surface area (Å²) in [6.45, 7) is 5.41. The first-order valence-corrected chi connectivity index (χ1v) is 9.06. The molecular weight excluding hydrogens is 377 g/mol. The zero-order valence-electron chi connectivity index (χ0n) is 16.5. The van der Waals surface area contributed by atoms with Crippen LogP contribution in [-0.4, -0.2) is 30.1 Å². The van der Waals surface area contributed by atoms with Gasteiger partial charge in [0, 0.05) is 29.9 Å². The van der Waals surface area contributed by atoms with Crippen molar-refractivity contribution in [2.24, 2.45) is 0 Å². The van der Waals surface area contributed by atoms with Gasteiger partial charge in [0.2, 0.25) is 5.91 Å². The Bertz CT molecular complexity index is 859. The molecule has 0 bridgehead atoms. The predicted molar refractivity (Wildman–Crippen MR) is 108 cm³/mol. The summed E-state index contributed by atoms with van der Waals surface area (Å²) in [5, 5.41) is 7.90. The van der Waals surface area contributed by atoms with Crippen LogP contribution in [0.3, 0.4) is 0 Å². The number of hydrogen-bond donors (Lipinski definition) is 3. The fourth-order valence-corrected chi connectivity index (χ4v) is 2.26. The van der Waals surface area contributed by atoms with E-state index in [4.69, 9.17) is 4.74 Å². The number of amides is 3. The van der Waals surface area contributed by atoms with E-state index in [0.29, 0.717) is 16.9 Å². The van der Waals surface area contributed by atoms with Gasteiger partial charge in [-0.3, -0.25) is 9.59 Å². The third-order valence-electron chi connectivity index (χ3n) is 3.55. The van der Waals surface area contributed by atoms with Gasteiger partial charge >= 0.3 is 6.09 Å². The van der Waals surface area contributed by atoms with E-state index >= 15 is 0 Å². The van der Waals surface area contributed by atoms with Gasteiger partial charge in [-0.05, 0) is 69.3 Å². The highest BCUT2D eigenvalue weighted by molar-refractivity contribution is 6.04. The number of alkyl carbamates (subject to hydrolysis) is 1. The molecule has 0 aliphatic rings. The molecule has 3 amide bonds. The second-order valence-corrected chi connectivity index (χ2v) is 7.27. The minimum Gasteiger partial charge on any atom is -0.444 e. The molecule has 2 aromatic carbocycles. The second kappa shape index (κ2) is 9.68. The fourth-order valence-electron chi connectivity index (χ4n) is 2.26. The van der Waals surface area contributed by atoms with Gasteiger partial charge in [-0.15, -0.1) is 0 Å². The van der Waals surface area contributed by atoms with E-state index in [1.165, 1.54) is 24.3 Å². The van der Waals surface area contributed by atoms with E-state index in [-0.39, 0.29) is 24.8 Å². The van der Waals surface area contributed by atoms with Crippen LogP contribution in [-0.2, 0) is 9.53 Å². The fraction of sp³-hybridized carbons (Fsp3) is 0.286. The molecule has 2 rings (SSSR count). The van der Waals surface area contributed by atoms with Gasteiger partial charge in [0.1, 0.15) is 11.4 Å². The van der Waals surface area contributed by atoms with Crippen molar-refractivity contribution >= 4 is 29.3 Å². The highest BCUT2D eigenvalue weighted by Crippen LogP contribution is 2.15. The number of nitrogens with one attached hydrogen (secondary N) is 3. The van der Waals surface area contributed by atoms with E-state index < -0.39 is 17.5 Å². The van der Waals surface area contributed by atoms with Crippen LogP contribution < -0.4 is 16.0 Å². The minimum absolute atomic E-state index is 0.0856. The molecular formula is C21H24FN3O4. The van der Waals surface area contributed by atoms with Gasteiger partial charge < -0.3 is 20.7 Å². The lowest BCUT2D eigenvalue weighted by atomic mass is 10.2. The maximum atomic E-state index is 12.9. The number of rotatable bonds is 6. The molecule has 0 heterocycles. The van der Waals surface area contributed by atoms with Crippen LogP contribution >= 0.6 is 0 Å². The first kappa shape index (κ1) is 21.9. The summed E-state index contributed by atoms with van der Waals surface area (Å²) in [6, 6.07) is 11.8. The summed E-state index contributed by atoms with van der Waals surface area (Å²) in [4.78, 5) is 35.6. The molecule has 0 aliphatic heterocycles. The monoisotopic (exact) mass is 401 g/mol. The molecule has 0 saturated carbocycles. The Balaban J connectivity index is 1.78. The van der Waals surface area contributed by atoms with Crippen LogP contribution in [0.4, 0.5) is 20.6 Å². The maximum absolute atomic E-state index is 12.9. The van der Waals surface area contributed by atoms with E-state index in [2.05, 4.69) is 16.0 Å². The molecule has 7 nitrogen and oxygen atoms in total. The molecule has 8 heteroatoms. The number of benzene rings is 2. The quantitative estimate of drug-likeness (QED) is 0.683. The van der Waals surface area contributed by atoms with Crippen LogP contribution in [0.2, 0.25) is 0 Å². The van der Waals surface area contributed by atoms with Gasteiger partial charge in [0.15, 0.2) is 0 Å². The predicted octanol–water partition coefficient (Wildman–Crippen LogP) is 3.93. The zero-order chi connectivity index (χ0) is 21.4. The Labute approximate surface area is 168 Å². The third-order valence-corrected chi connectivity index (χ3v) is 3.55. The number of carbonyl (C=O) groups is 3. The second-order valence-electron chi connectivity index (χ2n) is 7.27. The maximum Gasteiger partial charge on any atom is 0.407 e. The largest absolute Gasteiger partial charge is 0.444 e. The van der Waals surface area contributed by atoms with E-state index in [1.807, 2.05) is 0 Å². The topological polar surface area (TPSA) is 96.5 Å². The van der Waals surface area contributed by atoms with Crippen molar-refractivity contribution in [2.45, 2.75) is 32.8 Å². The lowest BCUT2D eigenvalue weighted by Gasteiger charge is -2.19. The smallest absolute Gasteiger partial charge is 0.407 e. The van der Waals surface area contributed by atoms with Crippen LogP contribution in [0.1, 0.15) is 37.6 Å². The highest BCUT2D eigenvalue weighted by Gasteiger charge is 2.16. The summed E-state index contributed by atoms with van der Waals surface area (Å²) >= 11 is 0. The van der Waals surface area contributed by atoms with Crippen LogP contribution in [0.5, 0.6) is 0 Å². The molecule has 29 heavy (non-hydrogen) atoms. The third kappa shape index (κ3) is 8.00. The van der Waals surface area contributed by atoms with E-state index in [1.54, 1.807) is 45.0 Å². The number of halogens is 1. The molecule has 0 radical (unpaired) electrons. The molecule has 2 aromatic rings. The average Bonchev–Trinajstić information content (AvgIpc) is 2.62. The minimum atomic E-state index is -0.597. The standard InChI is InChI=1S/C21H24FN3O4/c1-21(2,3)29-20(28)23-13-12-18(26)24-16-8-10-17(11-9-16)25-19(27)14-4-6-15(22)7-5-14/h4-11H,12-13H2,1-3H3,(H,23,28)(H,24,26)(H,25,27). The summed E-state index contributed by atoms with van der Waals surface area (Å²) in [5.74, 6) is -1.05. The van der Waals surface area contributed by atoms with Gasteiger partial charge in [0.25, 0.3) is 5.91 Å². The number of hydrogen-bond acceptors (Lipinski definition) is 4. The first-order chi connectivity index (χ1) is 13.6. The van der Waals surface area contributed by atoms with Crippen molar-refractivity contribution in [2.75, 3.05) is 17.2 Å². The molecule has 0 atom stereocenters. The lowest BCUT2D eigenvalue weighted by molar-refractivity contribution is -0.116. The first-order valence-electron chi connectivity index (χ1n) is 9.06. The highest BCUT2D eigenvalue weighted by atomic mass is 19.1. The van der Waals surface area contributed by atoms with E-state index in [9.17, 15) is 18.8 Å². The van der Waals surface area contributed by atoms with Crippen molar-refractivity contribution in [3.63, 3.8) is 0 Å². The van der Waals surface area contributed by atoms with Crippen molar-refractivity contribution < 1.29 is 23.5 Å². The average molecular weight is 401 g/mol. The Hall–Kier alpha value is -3.42. The van der Waals surface area contributed by atoms with Gasteiger partial charge in [-0.2, -0.15) is 0 Å². The SMILES string of the molecule is CC(C)(C)OC(=O)NCCC(=O)Nc1ccc(NC(=O)c2ccc(F)cc2)cc1. The molecule has 0 fully saturated rings. The van der Waals surface area contributed by atoms with Crippen molar-refractivity contribution in [1.29, 1.82) is 0 Å². The molecule has 0 saturated heterocycles. The van der Waals surface area contributed by atoms with Crippen molar-refractivity contribution in [3.05, 3.63) is 59.9 Å². The molecule has 3 N–H and O–H groups in total. The van der Waals surface area contributed by atoms with Gasteiger partial charge in [-0.25, -0.2) is 9.18 Å². The van der Waals surface area contributed by atoms with Crippen molar-refractivity contribution in [1.82, 2.24) is 5.32 Å². The molecule has 0 spiro atoms. The number of ether oxygens (including phenoxy) is 1. The van der Waals surface area contributed by atoms with Crippen LogP contribution in [0, 0.1) is 5.82 Å². The van der Waals surface area contributed by atoms with Crippen LogP contribution in [0.25, 0.3) is 0 Å². The molecule has 0 aliphatic carbocycles. The number of anilines is 2. The molecule has 154 valence electrons. The van der Waals surface area contributed by atoms with Gasteiger partial charge in [-0.1, -0.05) is 0 Å². The Morgan fingerprint density at radius 1 is 0.897 bits per heavy atom. The summed E-state index contributed by atoms with van der Waals surface area (Å²) < 4.78 is 18.0. The van der Waals surface area contributed by atoms with Crippen molar-refractivity contribution in [3.8, 4) is 0 Å². The van der Waals surface area contributed by atoms with Gasteiger partial charge in [0.05, 0.1) is 0 Å². The van der Waals surface area contributed by atoms with E-state index in [0.717, 1.165) is 0 Å². The Morgan fingerprint density at radius 3 is 2.00 bits per heavy atom. The summed E-state index contributed by atoms with van der Waals surface area (Å²) in [5.41, 5.74) is 0.817. The zero-order valence-corrected chi connectivity index (χ0v) is 16.5. The Morgan fingerprint density at radius 2 is 1.45 bits per heavy atom. The Kier molecular flexibility index (Phi) is 7.30. The molecule has 0 unspecified atom stereocenters. The summed E-state index contributed by atoms with van der Waals surface area (Å²) in [7, 11) is 0. The number of carbonyl (C=O) groups excluding carboxylic acids is 3. The van der Waals surface area contributed by atoms with Crippen LogP contribution in [0.15, 0.2) is 48.5 Å². The molecule has 0 aromatic heterocycles. The summed E-state index contributed by atoms with van der Waals surface area (Å²) in [6.07, 6.45) is -0.492. The normalized spacial score (nSPS) is 10.8.